The van der Waals surface area contributed by atoms with Crippen molar-refractivity contribution >= 4 is 9.84 Å². The zero-order chi connectivity index (χ0) is 11.6. The molecule has 0 radical (unpaired) electrons. The minimum atomic E-state index is -3.26. The highest BCUT2D eigenvalue weighted by Gasteiger charge is 2.14. The average molecular weight is 230 g/mol. The first kappa shape index (κ1) is 12.2. The van der Waals surface area contributed by atoms with Gasteiger partial charge in [0.15, 0.2) is 16.1 Å². The smallest absolute Gasteiger partial charge is 0.180 e. The molecule has 1 aromatic rings. The molecule has 1 unspecified atom stereocenters. The van der Waals surface area contributed by atoms with Gasteiger partial charge in [-0.25, -0.2) is 8.42 Å². The van der Waals surface area contributed by atoms with Crippen molar-refractivity contribution in [2.45, 2.75) is 18.1 Å². The molecule has 0 saturated carbocycles. The Kier molecular flexibility index (Phi) is 3.49. The monoisotopic (exact) mass is 230 g/mol. The highest BCUT2D eigenvalue weighted by atomic mass is 32.2. The molecule has 1 aromatic carbocycles. The van der Waals surface area contributed by atoms with Gasteiger partial charge in [-0.2, -0.15) is 0 Å². The van der Waals surface area contributed by atoms with Crippen molar-refractivity contribution in [1.82, 2.24) is 0 Å². The minimum Gasteiger partial charge on any atom is -0.364 e. The lowest BCUT2D eigenvalue weighted by Crippen LogP contribution is -2.05. The van der Waals surface area contributed by atoms with Gasteiger partial charge in [0.2, 0.25) is 0 Å². The van der Waals surface area contributed by atoms with E-state index in [1.165, 1.54) is 13.2 Å². The number of sulfone groups is 1. The highest BCUT2D eigenvalue weighted by molar-refractivity contribution is 7.90. The van der Waals surface area contributed by atoms with Crippen LogP contribution in [0.2, 0.25) is 0 Å². The van der Waals surface area contributed by atoms with Gasteiger partial charge in [-0.1, -0.05) is 12.1 Å². The quantitative estimate of drug-likeness (QED) is 0.788. The van der Waals surface area contributed by atoms with Gasteiger partial charge in [-0.15, -0.1) is 0 Å². The van der Waals surface area contributed by atoms with Crippen LogP contribution in [0.5, 0.6) is 0 Å². The normalized spacial score (nSPS) is 13.9. The first-order valence-corrected chi connectivity index (χ1v) is 6.27. The number of aliphatic hydroxyl groups excluding tert-OH is 1. The largest absolute Gasteiger partial charge is 0.364 e. The van der Waals surface area contributed by atoms with Crippen molar-refractivity contribution in [3.63, 3.8) is 0 Å². The zero-order valence-electron chi connectivity index (χ0n) is 8.89. The van der Waals surface area contributed by atoms with Crippen LogP contribution in [-0.4, -0.2) is 26.9 Å². The Labute approximate surface area is 89.4 Å². The van der Waals surface area contributed by atoms with Gasteiger partial charge >= 0.3 is 0 Å². The minimum absolute atomic E-state index is 0.219. The van der Waals surface area contributed by atoms with E-state index in [-0.39, 0.29) is 4.90 Å². The maximum atomic E-state index is 11.4. The number of methoxy groups -OCH3 is 1. The molecule has 0 saturated heterocycles. The van der Waals surface area contributed by atoms with Crippen molar-refractivity contribution in [3.05, 3.63) is 29.3 Å². The van der Waals surface area contributed by atoms with Gasteiger partial charge in [-0.05, 0) is 18.6 Å². The summed E-state index contributed by atoms with van der Waals surface area (Å²) >= 11 is 0. The maximum Gasteiger partial charge on any atom is 0.180 e. The number of aryl methyl sites for hydroxylation is 1. The second-order valence-corrected chi connectivity index (χ2v) is 5.37. The summed E-state index contributed by atoms with van der Waals surface area (Å²) in [5, 5.41) is 9.39. The Morgan fingerprint density at radius 2 is 2.00 bits per heavy atom. The Balaban J connectivity index is 3.29. The third-order valence-corrected chi connectivity index (χ3v) is 3.36. The second kappa shape index (κ2) is 4.30. The third kappa shape index (κ3) is 2.77. The van der Waals surface area contributed by atoms with E-state index in [0.29, 0.717) is 11.1 Å². The number of ether oxygens (including phenoxy) is 1. The van der Waals surface area contributed by atoms with E-state index in [1.54, 1.807) is 19.1 Å². The van der Waals surface area contributed by atoms with Crippen LogP contribution in [0.4, 0.5) is 0 Å². The maximum absolute atomic E-state index is 11.4. The molecular weight excluding hydrogens is 216 g/mol. The average Bonchev–Trinajstić information content (AvgIpc) is 2.15. The predicted octanol–water partition coefficient (Wildman–Crippen LogP) is 1.04. The lowest BCUT2D eigenvalue weighted by atomic mass is 10.1. The van der Waals surface area contributed by atoms with Crippen molar-refractivity contribution in [1.29, 1.82) is 0 Å². The van der Waals surface area contributed by atoms with Gasteiger partial charge in [-0.3, -0.25) is 0 Å². The van der Waals surface area contributed by atoms with Gasteiger partial charge in [0.1, 0.15) is 0 Å². The number of aliphatic hydroxyl groups is 1. The second-order valence-electron chi connectivity index (χ2n) is 3.39. The van der Waals surface area contributed by atoms with Crippen LogP contribution in [0.15, 0.2) is 23.1 Å². The summed E-state index contributed by atoms with van der Waals surface area (Å²) < 4.78 is 27.5. The van der Waals surface area contributed by atoms with Crippen molar-refractivity contribution in [2.75, 3.05) is 13.4 Å². The number of hydrogen-bond acceptors (Lipinski definition) is 4. The molecule has 0 heterocycles. The fourth-order valence-corrected chi connectivity index (χ4v) is 2.31. The summed E-state index contributed by atoms with van der Waals surface area (Å²) in [4.78, 5) is 0.219. The molecule has 84 valence electrons. The Bertz CT molecular complexity index is 450. The van der Waals surface area contributed by atoms with Crippen molar-refractivity contribution in [3.8, 4) is 0 Å². The van der Waals surface area contributed by atoms with E-state index >= 15 is 0 Å². The number of hydrogen-bond donors (Lipinski definition) is 1. The Morgan fingerprint density at radius 3 is 2.47 bits per heavy atom. The van der Waals surface area contributed by atoms with E-state index in [1.807, 2.05) is 0 Å². The first-order valence-electron chi connectivity index (χ1n) is 4.37. The molecule has 0 bridgehead atoms. The summed E-state index contributed by atoms with van der Waals surface area (Å²) in [5.41, 5.74) is 1.09. The molecule has 5 heteroatoms. The summed E-state index contributed by atoms with van der Waals surface area (Å²) in [5.74, 6) is 0. The van der Waals surface area contributed by atoms with Crippen LogP contribution >= 0.6 is 0 Å². The molecule has 1 rings (SSSR count). The lowest BCUT2D eigenvalue weighted by molar-refractivity contribution is -0.0770. The van der Waals surface area contributed by atoms with Gasteiger partial charge in [0.05, 0.1) is 4.90 Å². The fourth-order valence-electron chi connectivity index (χ4n) is 1.31. The molecule has 15 heavy (non-hydrogen) atoms. The Morgan fingerprint density at radius 1 is 1.40 bits per heavy atom. The molecule has 4 nitrogen and oxygen atoms in total. The predicted molar refractivity (Wildman–Crippen MR) is 56.3 cm³/mol. The van der Waals surface area contributed by atoms with Crippen LogP contribution < -0.4 is 0 Å². The molecule has 0 spiro atoms. The summed E-state index contributed by atoms with van der Waals surface area (Å²) in [6, 6.07) is 4.71. The third-order valence-electron chi connectivity index (χ3n) is 2.12. The molecule has 0 aromatic heterocycles. The fraction of sp³-hybridized carbons (Fsp3) is 0.400. The Hall–Kier alpha value is -0.910. The van der Waals surface area contributed by atoms with E-state index in [2.05, 4.69) is 0 Å². The van der Waals surface area contributed by atoms with E-state index in [9.17, 15) is 13.5 Å². The van der Waals surface area contributed by atoms with Crippen LogP contribution in [0, 0.1) is 6.92 Å². The SMILES string of the molecule is COC(O)c1ccc(C)c(S(C)(=O)=O)c1. The van der Waals surface area contributed by atoms with Gasteiger partial charge < -0.3 is 9.84 Å². The summed E-state index contributed by atoms with van der Waals surface area (Å²) in [7, 11) is -1.91. The first-order chi connectivity index (χ1) is 6.86. The molecular formula is C10H14O4S. The molecule has 0 amide bonds. The topological polar surface area (TPSA) is 63.6 Å². The van der Waals surface area contributed by atoms with E-state index in [4.69, 9.17) is 4.74 Å². The van der Waals surface area contributed by atoms with E-state index in [0.717, 1.165) is 6.26 Å². The van der Waals surface area contributed by atoms with Gasteiger partial charge in [0, 0.05) is 18.9 Å². The molecule has 0 aliphatic heterocycles. The number of benzene rings is 1. The summed E-state index contributed by atoms with van der Waals surface area (Å²) in [6.45, 7) is 1.71. The van der Waals surface area contributed by atoms with E-state index < -0.39 is 16.1 Å². The number of rotatable bonds is 3. The molecule has 0 fully saturated rings. The van der Waals surface area contributed by atoms with Gasteiger partial charge in [0.25, 0.3) is 0 Å². The van der Waals surface area contributed by atoms with Crippen LogP contribution in [0.25, 0.3) is 0 Å². The lowest BCUT2D eigenvalue weighted by Gasteiger charge is -2.11. The van der Waals surface area contributed by atoms with Crippen molar-refractivity contribution in [2.24, 2.45) is 0 Å². The summed E-state index contributed by atoms with van der Waals surface area (Å²) in [6.07, 6.45) is 0.0456. The molecule has 0 aliphatic rings. The molecule has 1 N–H and O–H groups in total. The standard InChI is InChI=1S/C10H14O4S/c1-7-4-5-8(10(11)14-2)6-9(7)15(3,12)13/h4-6,10-11H,1-3H3. The van der Waals surface area contributed by atoms with Crippen LogP contribution in [0.3, 0.4) is 0 Å². The zero-order valence-corrected chi connectivity index (χ0v) is 9.71. The molecule has 0 aliphatic carbocycles. The van der Waals surface area contributed by atoms with Crippen molar-refractivity contribution < 1.29 is 18.3 Å². The van der Waals surface area contributed by atoms with Crippen LogP contribution in [-0.2, 0) is 14.6 Å². The van der Waals surface area contributed by atoms with Crippen LogP contribution in [0.1, 0.15) is 17.4 Å². The molecule has 1 atom stereocenters. The highest BCUT2D eigenvalue weighted by Crippen LogP contribution is 2.21.